The summed E-state index contributed by atoms with van der Waals surface area (Å²) in [5, 5.41) is 2.16. The lowest BCUT2D eigenvalue weighted by Gasteiger charge is -2.02. The third-order valence-electron chi connectivity index (χ3n) is 4.37. The first-order valence-corrected chi connectivity index (χ1v) is 10.7. The number of rotatable bonds is 13. The molecule has 0 aliphatic rings. The zero-order valence-electron chi connectivity index (χ0n) is 15.5. The molecule has 0 N–H and O–H groups in total. The first-order valence-electron chi connectivity index (χ1n) is 9.87. The number of hydrogen-bond acceptors (Lipinski definition) is 1. The quantitative estimate of drug-likeness (QED) is 0.254. The Kier molecular flexibility index (Phi) is 13.1. The minimum atomic E-state index is 1.06. The fourth-order valence-corrected chi connectivity index (χ4v) is 3.54. The molecule has 0 amide bonds. The molecule has 0 spiro atoms. The van der Waals surface area contributed by atoms with Gasteiger partial charge in [0, 0.05) is 22.2 Å². The normalized spacial score (nSPS) is 10.5. The highest BCUT2D eigenvalue weighted by atomic mass is 32.1. The van der Waals surface area contributed by atoms with Crippen molar-refractivity contribution in [3.8, 4) is 11.8 Å². The molecule has 0 aliphatic carbocycles. The standard InChI is InChI=1S/C22H36S/c1-3-4-5-6-7-8-9-10-11-12-13-14-15-16-17-18-22-19-21(2)23-20-22/h19-20H,3-16H2,1-2H3. The van der Waals surface area contributed by atoms with Crippen LogP contribution in [0, 0.1) is 18.8 Å². The van der Waals surface area contributed by atoms with Gasteiger partial charge in [0.25, 0.3) is 0 Å². The van der Waals surface area contributed by atoms with Crippen molar-refractivity contribution in [2.24, 2.45) is 0 Å². The molecule has 1 aromatic heterocycles. The van der Waals surface area contributed by atoms with Crippen LogP contribution in [0.25, 0.3) is 0 Å². The van der Waals surface area contributed by atoms with Crippen molar-refractivity contribution in [2.75, 3.05) is 0 Å². The fraction of sp³-hybridized carbons (Fsp3) is 0.727. The molecule has 0 saturated heterocycles. The molecular formula is C22H36S. The van der Waals surface area contributed by atoms with Gasteiger partial charge >= 0.3 is 0 Å². The number of hydrogen-bond donors (Lipinski definition) is 0. The van der Waals surface area contributed by atoms with Crippen LogP contribution < -0.4 is 0 Å². The van der Waals surface area contributed by atoms with Gasteiger partial charge in [0.2, 0.25) is 0 Å². The van der Waals surface area contributed by atoms with Crippen molar-refractivity contribution in [3.05, 3.63) is 21.9 Å². The third-order valence-corrected chi connectivity index (χ3v) is 5.23. The SMILES string of the molecule is CCCCCCCCCCCCCCCC#Cc1csc(C)c1. The Bertz CT molecular complexity index is 432. The van der Waals surface area contributed by atoms with E-state index in [0.29, 0.717) is 0 Å². The van der Waals surface area contributed by atoms with E-state index in [1.54, 1.807) is 11.3 Å². The summed E-state index contributed by atoms with van der Waals surface area (Å²) in [4.78, 5) is 1.36. The maximum atomic E-state index is 3.31. The molecule has 0 saturated carbocycles. The zero-order chi connectivity index (χ0) is 16.6. The highest BCUT2D eigenvalue weighted by molar-refractivity contribution is 7.10. The molecule has 0 radical (unpaired) electrons. The van der Waals surface area contributed by atoms with Crippen LogP contribution in [-0.4, -0.2) is 0 Å². The van der Waals surface area contributed by atoms with Crippen molar-refractivity contribution in [1.29, 1.82) is 0 Å². The monoisotopic (exact) mass is 332 g/mol. The summed E-state index contributed by atoms with van der Waals surface area (Å²) in [5.74, 6) is 6.58. The molecule has 0 bridgehead atoms. The van der Waals surface area contributed by atoms with Crippen LogP contribution in [0.15, 0.2) is 11.4 Å². The van der Waals surface area contributed by atoms with E-state index in [1.165, 1.54) is 93.9 Å². The number of aryl methyl sites for hydroxylation is 1. The summed E-state index contributed by atoms with van der Waals surface area (Å²) in [6.45, 7) is 4.43. The fourth-order valence-electron chi connectivity index (χ4n) is 2.90. The van der Waals surface area contributed by atoms with Crippen LogP contribution >= 0.6 is 11.3 Å². The molecule has 1 aromatic rings. The predicted octanol–water partition coefficient (Wildman–Crippen LogP) is 7.89. The van der Waals surface area contributed by atoms with Crippen molar-refractivity contribution in [3.63, 3.8) is 0 Å². The first-order chi connectivity index (χ1) is 11.3. The van der Waals surface area contributed by atoms with E-state index in [4.69, 9.17) is 0 Å². The van der Waals surface area contributed by atoms with E-state index in [9.17, 15) is 0 Å². The highest BCUT2D eigenvalue weighted by Gasteiger charge is 1.94. The summed E-state index contributed by atoms with van der Waals surface area (Å²) in [7, 11) is 0. The Morgan fingerprint density at radius 1 is 0.783 bits per heavy atom. The average Bonchev–Trinajstić information content (AvgIpc) is 2.96. The average molecular weight is 333 g/mol. The Morgan fingerprint density at radius 3 is 1.78 bits per heavy atom. The minimum absolute atomic E-state index is 1.06. The molecule has 1 heterocycles. The molecule has 0 fully saturated rings. The van der Waals surface area contributed by atoms with Gasteiger partial charge in [-0.3, -0.25) is 0 Å². The zero-order valence-corrected chi connectivity index (χ0v) is 16.3. The van der Waals surface area contributed by atoms with E-state index in [-0.39, 0.29) is 0 Å². The second-order valence-electron chi connectivity index (χ2n) is 6.74. The Morgan fingerprint density at radius 2 is 1.30 bits per heavy atom. The predicted molar refractivity (Wildman–Crippen MR) is 106 cm³/mol. The van der Waals surface area contributed by atoms with Crippen LogP contribution in [0.5, 0.6) is 0 Å². The van der Waals surface area contributed by atoms with E-state index in [2.05, 4.69) is 37.1 Å². The van der Waals surface area contributed by atoms with Crippen LogP contribution in [-0.2, 0) is 0 Å². The van der Waals surface area contributed by atoms with Gasteiger partial charge in [-0.05, 0) is 19.4 Å². The molecule has 0 nitrogen and oxygen atoms in total. The molecule has 0 aromatic carbocycles. The lowest BCUT2D eigenvalue weighted by Crippen LogP contribution is -1.82. The van der Waals surface area contributed by atoms with Gasteiger partial charge in [-0.25, -0.2) is 0 Å². The van der Waals surface area contributed by atoms with E-state index >= 15 is 0 Å². The van der Waals surface area contributed by atoms with E-state index in [1.807, 2.05) is 0 Å². The van der Waals surface area contributed by atoms with E-state index < -0.39 is 0 Å². The van der Waals surface area contributed by atoms with E-state index in [0.717, 1.165) is 6.42 Å². The van der Waals surface area contributed by atoms with Crippen LogP contribution in [0.2, 0.25) is 0 Å². The van der Waals surface area contributed by atoms with Crippen molar-refractivity contribution in [1.82, 2.24) is 0 Å². The second kappa shape index (κ2) is 14.8. The van der Waals surface area contributed by atoms with Gasteiger partial charge < -0.3 is 0 Å². The van der Waals surface area contributed by atoms with Crippen molar-refractivity contribution in [2.45, 2.75) is 104 Å². The smallest absolute Gasteiger partial charge is 0.0354 e. The summed E-state index contributed by atoms with van der Waals surface area (Å²) < 4.78 is 0. The molecular weight excluding hydrogens is 296 g/mol. The van der Waals surface area contributed by atoms with Crippen LogP contribution in [0.4, 0.5) is 0 Å². The molecule has 130 valence electrons. The van der Waals surface area contributed by atoms with Gasteiger partial charge in [0.15, 0.2) is 0 Å². The molecule has 0 aliphatic heterocycles. The summed E-state index contributed by atoms with van der Waals surface area (Å²) in [5.41, 5.74) is 1.20. The number of thiophene rings is 1. The first kappa shape index (κ1) is 20.3. The lowest BCUT2D eigenvalue weighted by atomic mass is 10.0. The Balaban J connectivity index is 1.79. The third kappa shape index (κ3) is 12.4. The van der Waals surface area contributed by atoms with Crippen LogP contribution in [0.3, 0.4) is 0 Å². The Labute approximate surface area is 149 Å². The van der Waals surface area contributed by atoms with Crippen molar-refractivity contribution < 1.29 is 0 Å². The van der Waals surface area contributed by atoms with Crippen LogP contribution in [0.1, 0.15) is 107 Å². The highest BCUT2D eigenvalue weighted by Crippen LogP contribution is 2.13. The molecule has 0 atom stereocenters. The minimum Gasteiger partial charge on any atom is -0.148 e. The maximum Gasteiger partial charge on any atom is 0.0354 e. The van der Waals surface area contributed by atoms with Gasteiger partial charge in [0.1, 0.15) is 0 Å². The molecule has 0 unspecified atom stereocenters. The van der Waals surface area contributed by atoms with Gasteiger partial charge in [-0.15, -0.1) is 11.3 Å². The Hall–Kier alpha value is -0.740. The number of unbranched alkanes of at least 4 members (excludes halogenated alkanes) is 13. The lowest BCUT2D eigenvalue weighted by molar-refractivity contribution is 0.540. The summed E-state index contributed by atoms with van der Waals surface area (Å²) in [6, 6.07) is 2.18. The largest absolute Gasteiger partial charge is 0.148 e. The second-order valence-corrected chi connectivity index (χ2v) is 7.86. The van der Waals surface area contributed by atoms with Crippen molar-refractivity contribution >= 4 is 11.3 Å². The topological polar surface area (TPSA) is 0 Å². The summed E-state index contributed by atoms with van der Waals surface area (Å²) in [6.07, 6.45) is 19.5. The molecule has 1 heteroatoms. The molecule has 1 rings (SSSR count). The maximum absolute atomic E-state index is 3.31. The van der Waals surface area contributed by atoms with Gasteiger partial charge in [-0.2, -0.15) is 0 Å². The van der Waals surface area contributed by atoms with Gasteiger partial charge in [0.05, 0.1) is 0 Å². The summed E-state index contributed by atoms with van der Waals surface area (Å²) >= 11 is 1.79. The molecule has 23 heavy (non-hydrogen) atoms. The van der Waals surface area contributed by atoms with Gasteiger partial charge in [-0.1, -0.05) is 95.8 Å².